The molecule has 1 fully saturated rings. The molecular formula is C17H25NO2. The first-order valence-corrected chi connectivity index (χ1v) is 7.65. The zero-order valence-corrected chi connectivity index (χ0v) is 12.7. The van der Waals surface area contributed by atoms with E-state index in [1.165, 1.54) is 0 Å². The van der Waals surface area contributed by atoms with E-state index >= 15 is 0 Å². The quantitative estimate of drug-likeness (QED) is 0.837. The molecule has 1 aliphatic rings. The van der Waals surface area contributed by atoms with E-state index in [9.17, 15) is 4.79 Å². The molecule has 0 bridgehead atoms. The Balaban J connectivity index is 2.23. The first-order chi connectivity index (χ1) is 9.63. The lowest BCUT2D eigenvalue weighted by molar-refractivity contribution is 0.0899. The predicted molar refractivity (Wildman–Crippen MR) is 81.6 cm³/mol. The number of hydrogen-bond donors (Lipinski definition) is 1. The molecule has 1 atom stereocenters. The predicted octanol–water partition coefficient (Wildman–Crippen LogP) is 3.39. The number of ether oxygens (including phenoxy) is 1. The Kier molecular flexibility index (Phi) is 5.18. The van der Waals surface area contributed by atoms with Crippen LogP contribution in [0.3, 0.4) is 0 Å². The van der Waals surface area contributed by atoms with Crippen molar-refractivity contribution in [3.8, 4) is 5.75 Å². The van der Waals surface area contributed by atoms with Gasteiger partial charge >= 0.3 is 0 Å². The number of benzene rings is 1. The standard InChI is InChI=1S/C17H25NO2/c1-4-20-16-8-7-13(10-15(16)12(2)3)17(19)14-6-5-9-18-11-14/h7-8,10,12,14,18H,4-6,9,11H2,1-3H3. The number of piperidine rings is 1. The van der Waals surface area contributed by atoms with Crippen molar-refractivity contribution >= 4 is 5.78 Å². The van der Waals surface area contributed by atoms with Gasteiger partial charge in [-0.25, -0.2) is 0 Å². The number of ketones is 1. The molecule has 0 aromatic heterocycles. The summed E-state index contributed by atoms with van der Waals surface area (Å²) in [6.45, 7) is 8.74. The zero-order chi connectivity index (χ0) is 14.5. The van der Waals surface area contributed by atoms with Gasteiger partial charge in [0.25, 0.3) is 0 Å². The SMILES string of the molecule is CCOc1ccc(C(=O)C2CCCNC2)cc1C(C)C. The van der Waals surface area contributed by atoms with Crippen molar-refractivity contribution in [3.63, 3.8) is 0 Å². The molecule has 2 rings (SSSR count). The molecule has 1 aliphatic heterocycles. The second-order valence-corrected chi connectivity index (χ2v) is 5.75. The normalized spacial score (nSPS) is 19.1. The van der Waals surface area contributed by atoms with Crippen LogP contribution in [0, 0.1) is 5.92 Å². The summed E-state index contributed by atoms with van der Waals surface area (Å²) >= 11 is 0. The minimum atomic E-state index is 0.127. The zero-order valence-electron chi connectivity index (χ0n) is 12.7. The molecule has 1 heterocycles. The average Bonchev–Trinajstić information content (AvgIpc) is 2.48. The maximum Gasteiger partial charge on any atom is 0.167 e. The van der Waals surface area contributed by atoms with Crippen molar-refractivity contribution in [2.45, 2.75) is 39.5 Å². The summed E-state index contributed by atoms with van der Waals surface area (Å²) in [7, 11) is 0. The minimum Gasteiger partial charge on any atom is -0.494 e. The number of nitrogens with one attached hydrogen (secondary N) is 1. The maximum atomic E-state index is 12.6. The molecule has 3 nitrogen and oxygen atoms in total. The molecule has 1 aromatic rings. The van der Waals surface area contributed by atoms with Crippen LogP contribution in [0.2, 0.25) is 0 Å². The summed E-state index contributed by atoms with van der Waals surface area (Å²) in [6.07, 6.45) is 2.08. The number of carbonyl (C=O) groups is 1. The summed E-state index contributed by atoms with van der Waals surface area (Å²) < 4.78 is 5.65. The largest absolute Gasteiger partial charge is 0.494 e. The molecule has 1 aromatic carbocycles. The van der Waals surface area contributed by atoms with E-state index in [1.807, 2.05) is 25.1 Å². The van der Waals surface area contributed by atoms with Gasteiger partial charge in [0.15, 0.2) is 5.78 Å². The fourth-order valence-electron chi connectivity index (χ4n) is 2.75. The van der Waals surface area contributed by atoms with Crippen LogP contribution < -0.4 is 10.1 Å². The highest BCUT2D eigenvalue weighted by Gasteiger charge is 2.23. The highest BCUT2D eigenvalue weighted by Crippen LogP contribution is 2.29. The number of carbonyl (C=O) groups excluding carboxylic acids is 1. The number of rotatable bonds is 5. The van der Waals surface area contributed by atoms with Gasteiger partial charge in [0, 0.05) is 18.0 Å². The van der Waals surface area contributed by atoms with Gasteiger partial charge < -0.3 is 10.1 Å². The van der Waals surface area contributed by atoms with E-state index in [1.54, 1.807) is 0 Å². The van der Waals surface area contributed by atoms with E-state index in [0.29, 0.717) is 12.5 Å². The van der Waals surface area contributed by atoms with Crippen LogP contribution >= 0.6 is 0 Å². The lowest BCUT2D eigenvalue weighted by Gasteiger charge is -2.22. The summed E-state index contributed by atoms with van der Waals surface area (Å²) in [5.41, 5.74) is 1.95. The van der Waals surface area contributed by atoms with Crippen LogP contribution in [0.25, 0.3) is 0 Å². The second-order valence-electron chi connectivity index (χ2n) is 5.75. The number of Topliss-reactive ketones (excluding diaryl/α,β-unsaturated/α-hetero) is 1. The van der Waals surface area contributed by atoms with Crippen LogP contribution in [0.5, 0.6) is 5.75 Å². The van der Waals surface area contributed by atoms with Gasteiger partial charge in [-0.05, 0) is 56.0 Å². The molecular weight excluding hydrogens is 250 g/mol. The topological polar surface area (TPSA) is 38.3 Å². The smallest absolute Gasteiger partial charge is 0.167 e. The third-order valence-corrected chi connectivity index (χ3v) is 3.88. The van der Waals surface area contributed by atoms with Crippen molar-refractivity contribution in [1.29, 1.82) is 0 Å². The van der Waals surface area contributed by atoms with Crippen LogP contribution in [0.4, 0.5) is 0 Å². The van der Waals surface area contributed by atoms with Crippen LogP contribution in [-0.2, 0) is 0 Å². The van der Waals surface area contributed by atoms with Gasteiger partial charge in [-0.3, -0.25) is 4.79 Å². The van der Waals surface area contributed by atoms with Gasteiger partial charge in [0.2, 0.25) is 0 Å². The van der Waals surface area contributed by atoms with E-state index in [-0.39, 0.29) is 11.7 Å². The summed E-state index contributed by atoms with van der Waals surface area (Å²) in [5, 5.41) is 3.31. The third-order valence-electron chi connectivity index (χ3n) is 3.88. The van der Waals surface area contributed by atoms with Crippen molar-refractivity contribution in [3.05, 3.63) is 29.3 Å². The Morgan fingerprint density at radius 3 is 2.85 bits per heavy atom. The van der Waals surface area contributed by atoms with Crippen LogP contribution in [-0.4, -0.2) is 25.5 Å². The van der Waals surface area contributed by atoms with Gasteiger partial charge in [-0.15, -0.1) is 0 Å². The molecule has 0 spiro atoms. The third kappa shape index (κ3) is 3.40. The maximum absolute atomic E-state index is 12.6. The molecule has 1 N–H and O–H groups in total. The highest BCUT2D eigenvalue weighted by molar-refractivity contribution is 5.98. The van der Waals surface area contributed by atoms with E-state index < -0.39 is 0 Å². The molecule has 0 radical (unpaired) electrons. The molecule has 0 amide bonds. The fraction of sp³-hybridized carbons (Fsp3) is 0.588. The first kappa shape index (κ1) is 15.0. The van der Waals surface area contributed by atoms with Crippen molar-refractivity contribution in [2.75, 3.05) is 19.7 Å². The van der Waals surface area contributed by atoms with Crippen LogP contribution in [0.1, 0.15) is 55.5 Å². The summed E-state index contributed by atoms with van der Waals surface area (Å²) in [6, 6.07) is 5.88. The second kappa shape index (κ2) is 6.89. The van der Waals surface area contributed by atoms with Crippen molar-refractivity contribution in [2.24, 2.45) is 5.92 Å². The van der Waals surface area contributed by atoms with Gasteiger partial charge in [0.05, 0.1) is 6.61 Å². The number of hydrogen-bond acceptors (Lipinski definition) is 3. The van der Waals surface area contributed by atoms with Gasteiger partial charge in [0.1, 0.15) is 5.75 Å². The first-order valence-electron chi connectivity index (χ1n) is 7.65. The van der Waals surface area contributed by atoms with E-state index in [2.05, 4.69) is 19.2 Å². The van der Waals surface area contributed by atoms with E-state index in [0.717, 1.165) is 42.8 Å². The van der Waals surface area contributed by atoms with Crippen LogP contribution in [0.15, 0.2) is 18.2 Å². The fourth-order valence-corrected chi connectivity index (χ4v) is 2.75. The summed E-state index contributed by atoms with van der Waals surface area (Å²) in [5.74, 6) is 1.65. The Hall–Kier alpha value is -1.35. The molecule has 110 valence electrons. The van der Waals surface area contributed by atoms with E-state index in [4.69, 9.17) is 4.74 Å². The Labute approximate surface area is 121 Å². The highest BCUT2D eigenvalue weighted by atomic mass is 16.5. The van der Waals surface area contributed by atoms with Crippen molar-refractivity contribution < 1.29 is 9.53 Å². The lowest BCUT2D eigenvalue weighted by atomic mass is 9.89. The van der Waals surface area contributed by atoms with Gasteiger partial charge in [-0.2, -0.15) is 0 Å². The Morgan fingerprint density at radius 1 is 1.45 bits per heavy atom. The monoisotopic (exact) mass is 275 g/mol. The van der Waals surface area contributed by atoms with Gasteiger partial charge in [-0.1, -0.05) is 13.8 Å². The molecule has 1 unspecified atom stereocenters. The molecule has 20 heavy (non-hydrogen) atoms. The minimum absolute atomic E-state index is 0.127. The average molecular weight is 275 g/mol. The molecule has 1 saturated heterocycles. The Bertz CT molecular complexity index is 462. The molecule has 0 aliphatic carbocycles. The lowest BCUT2D eigenvalue weighted by Crippen LogP contribution is -2.34. The van der Waals surface area contributed by atoms with Crippen molar-refractivity contribution in [1.82, 2.24) is 5.32 Å². The summed E-state index contributed by atoms with van der Waals surface area (Å²) in [4.78, 5) is 12.6. The Morgan fingerprint density at radius 2 is 2.25 bits per heavy atom. The molecule has 3 heteroatoms. The molecule has 0 saturated carbocycles.